The minimum absolute atomic E-state index is 0.0175. The Morgan fingerprint density at radius 2 is 2.11 bits per heavy atom. The van der Waals surface area contributed by atoms with Crippen LogP contribution in [0.3, 0.4) is 0 Å². The lowest BCUT2D eigenvalue weighted by molar-refractivity contribution is -0.118. The summed E-state index contributed by atoms with van der Waals surface area (Å²) in [5.74, 6) is 0.0175. The van der Waals surface area contributed by atoms with Crippen LogP contribution in [-0.4, -0.2) is 22.0 Å². The van der Waals surface area contributed by atoms with Crippen molar-refractivity contribution in [3.8, 4) is 11.3 Å². The number of carbonyl (C=O) groups is 1. The van der Waals surface area contributed by atoms with E-state index in [4.69, 9.17) is 0 Å². The van der Waals surface area contributed by atoms with Gasteiger partial charge in [-0.3, -0.25) is 4.79 Å². The highest BCUT2D eigenvalue weighted by molar-refractivity contribution is 5.72. The van der Waals surface area contributed by atoms with Crippen molar-refractivity contribution in [1.82, 2.24) is 14.9 Å². The Kier molecular flexibility index (Phi) is 4.12. The Hall–Kier alpha value is -2.10. The van der Waals surface area contributed by atoms with Gasteiger partial charge in [0.05, 0.1) is 18.2 Å². The molecule has 0 atom stereocenters. The molecule has 0 spiro atoms. The standard InChI is InChI=1S/C14H17N3O/c1-12(18)16-8-5-9-17-11-15-10-14(17)13-6-3-2-4-7-13/h2-4,6-7,10-11H,5,8-9H2,1H3,(H,16,18). The molecule has 0 bridgehead atoms. The van der Waals surface area contributed by atoms with E-state index in [1.54, 1.807) is 0 Å². The highest BCUT2D eigenvalue weighted by Gasteiger charge is 2.03. The highest BCUT2D eigenvalue weighted by Crippen LogP contribution is 2.18. The van der Waals surface area contributed by atoms with Gasteiger partial charge in [-0.2, -0.15) is 0 Å². The minimum Gasteiger partial charge on any atom is -0.356 e. The summed E-state index contributed by atoms with van der Waals surface area (Å²) in [5.41, 5.74) is 2.27. The number of amides is 1. The number of aryl methyl sites for hydroxylation is 1. The molecular weight excluding hydrogens is 226 g/mol. The Balaban J connectivity index is 1.98. The fourth-order valence-corrected chi connectivity index (χ4v) is 1.86. The first-order chi connectivity index (χ1) is 8.77. The molecule has 1 aromatic heterocycles. The van der Waals surface area contributed by atoms with Crippen molar-refractivity contribution in [2.24, 2.45) is 0 Å². The lowest BCUT2D eigenvalue weighted by Gasteiger charge is -2.08. The van der Waals surface area contributed by atoms with Gasteiger partial charge in [0.2, 0.25) is 5.91 Å². The number of benzene rings is 1. The van der Waals surface area contributed by atoms with Crippen molar-refractivity contribution >= 4 is 5.91 Å². The van der Waals surface area contributed by atoms with E-state index in [1.165, 1.54) is 6.92 Å². The minimum atomic E-state index is 0.0175. The normalized spacial score (nSPS) is 10.3. The first-order valence-electron chi connectivity index (χ1n) is 6.07. The van der Waals surface area contributed by atoms with Crippen LogP contribution < -0.4 is 5.32 Å². The summed E-state index contributed by atoms with van der Waals surface area (Å²) in [4.78, 5) is 15.0. The second-order valence-electron chi connectivity index (χ2n) is 4.17. The molecule has 0 fully saturated rings. The fraction of sp³-hybridized carbons (Fsp3) is 0.286. The van der Waals surface area contributed by atoms with Crippen LogP contribution in [0.25, 0.3) is 11.3 Å². The molecule has 0 aliphatic rings. The molecule has 2 aromatic rings. The van der Waals surface area contributed by atoms with E-state index >= 15 is 0 Å². The van der Waals surface area contributed by atoms with Crippen molar-refractivity contribution in [1.29, 1.82) is 0 Å². The number of hydrogen-bond donors (Lipinski definition) is 1. The first-order valence-corrected chi connectivity index (χ1v) is 6.07. The molecule has 1 heterocycles. The van der Waals surface area contributed by atoms with Crippen LogP contribution in [0.15, 0.2) is 42.9 Å². The molecular formula is C14H17N3O. The van der Waals surface area contributed by atoms with Crippen molar-refractivity contribution in [3.63, 3.8) is 0 Å². The lowest BCUT2D eigenvalue weighted by Crippen LogP contribution is -2.21. The zero-order valence-electron chi connectivity index (χ0n) is 10.5. The third-order valence-electron chi connectivity index (χ3n) is 2.73. The van der Waals surface area contributed by atoms with E-state index in [9.17, 15) is 4.79 Å². The Morgan fingerprint density at radius 3 is 2.83 bits per heavy atom. The monoisotopic (exact) mass is 243 g/mol. The molecule has 94 valence electrons. The number of nitrogens with zero attached hydrogens (tertiary/aromatic N) is 2. The van der Waals surface area contributed by atoms with Crippen molar-refractivity contribution < 1.29 is 4.79 Å². The average molecular weight is 243 g/mol. The predicted octanol–water partition coefficient (Wildman–Crippen LogP) is 2.08. The third-order valence-corrected chi connectivity index (χ3v) is 2.73. The lowest BCUT2D eigenvalue weighted by atomic mass is 10.2. The summed E-state index contributed by atoms with van der Waals surface area (Å²) < 4.78 is 2.11. The second kappa shape index (κ2) is 6.00. The fourth-order valence-electron chi connectivity index (χ4n) is 1.86. The van der Waals surface area contributed by atoms with Gasteiger partial charge in [0.15, 0.2) is 0 Å². The highest BCUT2D eigenvalue weighted by atomic mass is 16.1. The number of nitrogens with one attached hydrogen (secondary N) is 1. The Labute approximate surface area is 107 Å². The van der Waals surface area contributed by atoms with Gasteiger partial charge in [0.1, 0.15) is 0 Å². The molecule has 1 N–H and O–H groups in total. The maximum Gasteiger partial charge on any atom is 0.216 e. The number of rotatable bonds is 5. The summed E-state index contributed by atoms with van der Waals surface area (Å²) in [6.07, 6.45) is 4.60. The zero-order chi connectivity index (χ0) is 12.8. The molecule has 0 radical (unpaired) electrons. The van der Waals surface area contributed by atoms with E-state index in [0.29, 0.717) is 6.54 Å². The molecule has 4 nitrogen and oxygen atoms in total. The van der Waals surface area contributed by atoms with Gasteiger partial charge in [-0.1, -0.05) is 30.3 Å². The Bertz CT molecular complexity index is 505. The van der Waals surface area contributed by atoms with Gasteiger partial charge in [-0.15, -0.1) is 0 Å². The SMILES string of the molecule is CC(=O)NCCCn1cncc1-c1ccccc1. The van der Waals surface area contributed by atoms with Crippen LogP contribution in [0, 0.1) is 0 Å². The van der Waals surface area contributed by atoms with Gasteiger partial charge in [0.25, 0.3) is 0 Å². The third kappa shape index (κ3) is 3.20. The summed E-state index contributed by atoms with van der Waals surface area (Å²) >= 11 is 0. The largest absolute Gasteiger partial charge is 0.356 e. The zero-order valence-corrected chi connectivity index (χ0v) is 10.5. The first kappa shape index (κ1) is 12.4. The van der Waals surface area contributed by atoms with Crippen LogP contribution in [-0.2, 0) is 11.3 Å². The van der Waals surface area contributed by atoms with Crippen LogP contribution in [0.2, 0.25) is 0 Å². The molecule has 1 amide bonds. The van der Waals surface area contributed by atoms with E-state index in [0.717, 1.165) is 24.2 Å². The van der Waals surface area contributed by atoms with Crippen molar-refractivity contribution in [3.05, 3.63) is 42.9 Å². The van der Waals surface area contributed by atoms with Crippen LogP contribution in [0.5, 0.6) is 0 Å². The van der Waals surface area contributed by atoms with Gasteiger partial charge >= 0.3 is 0 Å². The van der Waals surface area contributed by atoms with Gasteiger partial charge in [-0.05, 0) is 12.0 Å². The van der Waals surface area contributed by atoms with Crippen LogP contribution in [0.1, 0.15) is 13.3 Å². The molecule has 4 heteroatoms. The van der Waals surface area contributed by atoms with E-state index in [1.807, 2.05) is 30.7 Å². The summed E-state index contributed by atoms with van der Waals surface area (Å²) in [6.45, 7) is 3.08. The summed E-state index contributed by atoms with van der Waals surface area (Å²) in [6, 6.07) is 10.2. The summed E-state index contributed by atoms with van der Waals surface area (Å²) in [7, 11) is 0. The van der Waals surface area contributed by atoms with Gasteiger partial charge in [0, 0.05) is 20.0 Å². The summed E-state index contributed by atoms with van der Waals surface area (Å²) in [5, 5.41) is 2.79. The number of aromatic nitrogens is 2. The number of carbonyl (C=O) groups excluding carboxylic acids is 1. The van der Waals surface area contributed by atoms with Crippen molar-refractivity contribution in [2.75, 3.05) is 6.54 Å². The smallest absolute Gasteiger partial charge is 0.216 e. The molecule has 0 saturated heterocycles. The van der Waals surface area contributed by atoms with Crippen LogP contribution >= 0.6 is 0 Å². The second-order valence-corrected chi connectivity index (χ2v) is 4.17. The molecule has 0 aliphatic heterocycles. The molecule has 2 rings (SSSR count). The van der Waals surface area contributed by atoms with E-state index < -0.39 is 0 Å². The maximum atomic E-state index is 10.8. The van der Waals surface area contributed by atoms with E-state index in [2.05, 4.69) is 27.0 Å². The Morgan fingerprint density at radius 1 is 1.33 bits per heavy atom. The quantitative estimate of drug-likeness (QED) is 0.817. The maximum absolute atomic E-state index is 10.8. The molecule has 0 aliphatic carbocycles. The molecule has 18 heavy (non-hydrogen) atoms. The number of imidazole rings is 1. The average Bonchev–Trinajstić information content (AvgIpc) is 2.84. The van der Waals surface area contributed by atoms with Gasteiger partial charge in [-0.25, -0.2) is 4.98 Å². The molecule has 0 saturated carbocycles. The molecule has 1 aromatic carbocycles. The van der Waals surface area contributed by atoms with Crippen molar-refractivity contribution in [2.45, 2.75) is 19.9 Å². The number of hydrogen-bond acceptors (Lipinski definition) is 2. The van der Waals surface area contributed by atoms with Crippen LogP contribution in [0.4, 0.5) is 0 Å². The molecule has 0 unspecified atom stereocenters. The topological polar surface area (TPSA) is 46.9 Å². The predicted molar refractivity (Wildman–Crippen MR) is 71.0 cm³/mol. The van der Waals surface area contributed by atoms with E-state index in [-0.39, 0.29) is 5.91 Å². The van der Waals surface area contributed by atoms with Gasteiger partial charge < -0.3 is 9.88 Å².